The normalized spacial score (nSPS) is 13.6. The number of nitrogens with one attached hydrogen (secondary N) is 4. The van der Waals surface area contributed by atoms with Crippen LogP contribution in [0.4, 0.5) is 0 Å². The zero-order chi connectivity index (χ0) is 75.9. The van der Waals surface area contributed by atoms with E-state index in [9.17, 15) is 52.7 Å². The molecule has 3 aliphatic rings. The zero-order valence-electron chi connectivity index (χ0n) is 58.5. The molecular weight excluding hydrogens is 1410 g/mol. The molecule has 7 N–H and O–H groups in total. The van der Waals surface area contributed by atoms with Crippen molar-refractivity contribution < 1.29 is 52.9 Å². The lowest BCUT2D eigenvalue weighted by atomic mass is 9.96. The van der Waals surface area contributed by atoms with Crippen LogP contribution in [0.15, 0.2) is 160 Å². The lowest BCUT2D eigenvalue weighted by Gasteiger charge is -2.39. The van der Waals surface area contributed by atoms with Gasteiger partial charge in [-0.25, -0.2) is 15.0 Å². The van der Waals surface area contributed by atoms with Gasteiger partial charge in [0.05, 0.1) is 12.8 Å². The molecule has 550 valence electrons. The molecule has 0 radical (unpaired) electrons. The molecule has 0 spiro atoms. The van der Waals surface area contributed by atoms with Crippen LogP contribution < -0.4 is 43.7 Å². The zero-order valence-corrected chi connectivity index (χ0v) is 60.8. The number of carboxylic acids is 1. The quantitative estimate of drug-likeness (QED) is 0.0432. The van der Waals surface area contributed by atoms with Crippen LogP contribution in [0.1, 0.15) is 102 Å². The SMILES string of the molecule is CC(C)(C)OC(=O)CC1CN(C(=O)Cn2c(=O)c(C(=O)NCc3ccc(Cl)cc3)cc3cccnc32)C1.CC(C)(C)OC(=O)CC1CNC1.NC1CN(C(=O)Cn2c(=O)c(C(=O)NCc3ccc(Cl)cc3)cc3cccnc32)C1.O=C(O)Cn1c(=O)c(C(=O)NCc2ccc(Cl)cc2)cc2cccnc21. The first kappa shape index (κ1) is 78.4. The molecule has 30 heteroatoms. The van der Waals surface area contributed by atoms with Gasteiger partial charge in [-0.15, -0.1) is 0 Å². The maximum Gasteiger partial charge on any atom is 0.323 e. The topological polar surface area (TPSA) is 361 Å². The summed E-state index contributed by atoms with van der Waals surface area (Å²) in [5.41, 5.74) is 6.11. The fourth-order valence-electron chi connectivity index (χ4n) is 11.1. The van der Waals surface area contributed by atoms with Crippen LogP contribution in [-0.2, 0) is 72.7 Å². The largest absolute Gasteiger partial charge is 0.480 e. The Kier molecular flexibility index (Phi) is 26.3. The summed E-state index contributed by atoms with van der Waals surface area (Å²) in [7, 11) is 0. The molecule has 5 amide bonds. The molecule has 105 heavy (non-hydrogen) atoms. The highest BCUT2D eigenvalue weighted by Crippen LogP contribution is 2.24. The number of amides is 5. The van der Waals surface area contributed by atoms with Crippen molar-refractivity contribution in [1.29, 1.82) is 0 Å². The smallest absolute Gasteiger partial charge is 0.323 e. The Balaban J connectivity index is 0.000000171. The molecule has 0 aliphatic carbocycles. The van der Waals surface area contributed by atoms with E-state index in [2.05, 4.69) is 36.2 Å². The molecule has 3 aliphatic heterocycles. The molecular formula is C75H80Cl3N13O14. The molecule has 9 aromatic rings. The number of ether oxygens (including phenoxy) is 2. The van der Waals surface area contributed by atoms with E-state index >= 15 is 0 Å². The van der Waals surface area contributed by atoms with Gasteiger partial charge in [-0.1, -0.05) is 71.2 Å². The van der Waals surface area contributed by atoms with E-state index < -0.39 is 52.5 Å². The number of nitrogens with two attached hydrogens (primary N) is 1. The molecule has 0 bridgehead atoms. The molecule has 3 fully saturated rings. The van der Waals surface area contributed by atoms with Gasteiger partial charge in [-0.05, 0) is 168 Å². The van der Waals surface area contributed by atoms with Crippen molar-refractivity contribution in [2.75, 3.05) is 39.3 Å². The number of hydrogen-bond acceptors (Lipinski definition) is 18. The van der Waals surface area contributed by atoms with E-state index in [4.69, 9.17) is 55.1 Å². The van der Waals surface area contributed by atoms with E-state index in [-0.39, 0.29) is 103 Å². The van der Waals surface area contributed by atoms with Gasteiger partial charge >= 0.3 is 17.9 Å². The summed E-state index contributed by atoms with van der Waals surface area (Å²) in [6, 6.07) is 35.5. The Morgan fingerprint density at radius 3 is 1.10 bits per heavy atom. The third kappa shape index (κ3) is 22.2. The summed E-state index contributed by atoms with van der Waals surface area (Å²) in [4.78, 5) is 153. The monoisotopic (exact) mass is 1490 g/mol. The number of fused-ring (bicyclic) bond motifs is 3. The number of nitrogens with zero attached hydrogens (tertiary/aromatic N) is 8. The van der Waals surface area contributed by atoms with E-state index in [0.717, 1.165) is 34.3 Å². The number of hydrogen-bond donors (Lipinski definition) is 6. The van der Waals surface area contributed by atoms with Crippen LogP contribution in [-0.4, -0.2) is 148 Å². The number of pyridine rings is 6. The molecule has 6 aromatic heterocycles. The summed E-state index contributed by atoms with van der Waals surface area (Å²) >= 11 is 17.6. The Morgan fingerprint density at radius 1 is 0.486 bits per heavy atom. The summed E-state index contributed by atoms with van der Waals surface area (Å²) in [5, 5.41) is 23.8. The minimum absolute atomic E-state index is 0.00960. The minimum Gasteiger partial charge on any atom is -0.480 e. The first-order valence-corrected chi connectivity index (χ1v) is 34.7. The summed E-state index contributed by atoms with van der Waals surface area (Å²) < 4.78 is 14.0. The van der Waals surface area contributed by atoms with Crippen molar-refractivity contribution in [1.82, 2.24) is 59.7 Å². The number of carbonyl (C=O) groups is 8. The van der Waals surface area contributed by atoms with Crippen LogP contribution >= 0.6 is 34.8 Å². The predicted molar refractivity (Wildman–Crippen MR) is 395 cm³/mol. The highest BCUT2D eigenvalue weighted by Gasteiger charge is 2.35. The second-order valence-corrected chi connectivity index (χ2v) is 28.6. The Bertz CT molecular complexity index is 4890. The lowest BCUT2D eigenvalue weighted by Crippen LogP contribution is -2.58. The van der Waals surface area contributed by atoms with E-state index in [1.807, 2.05) is 41.5 Å². The van der Waals surface area contributed by atoms with Gasteiger partial charge in [0, 0.05) is 108 Å². The average molecular weight is 1490 g/mol. The van der Waals surface area contributed by atoms with Gasteiger partial charge in [0.1, 0.15) is 64.5 Å². The maximum absolute atomic E-state index is 13.3. The number of aromatic nitrogens is 6. The van der Waals surface area contributed by atoms with Gasteiger partial charge < -0.3 is 51.4 Å². The van der Waals surface area contributed by atoms with Crippen molar-refractivity contribution in [2.24, 2.45) is 17.6 Å². The van der Waals surface area contributed by atoms with Gasteiger partial charge in [0.15, 0.2) is 0 Å². The molecule has 27 nitrogen and oxygen atoms in total. The number of esters is 2. The van der Waals surface area contributed by atoms with Crippen molar-refractivity contribution in [3.05, 3.63) is 225 Å². The lowest BCUT2D eigenvalue weighted by molar-refractivity contribution is -0.159. The molecule has 12 rings (SSSR count). The second-order valence-electron chi connectivity index (χ2n) is 27.2. The standard InChI is InChI=1S/C27H29ClN4O5.C21H20ClN5O3.C18H14ClN3O4.C9H17NO2/c1-27(2,3)37-23(34)11-18-14-31(15-18)22(33)16-32-24-19(5-4-10-29-24)12-21(26(32)36)25(35)30-13-17-6-8-20(28)9-7-17;22-15-5-3-13(4-6-15)9-25-20(29)17-8-14-2-1-7-24-19(14)27(21(17)30)12-18(28)26-10-16(23)11-26;19-13-5-3-11(4-6-13)9-21-17(25)14-8-12-2-1-7-20-16(12)22(18(14)26)10-15(23)24;1-9(2,3)12-8(11)4-7-5-10-6-7/h4-10,12,18H,11,13-16H2,1-3H3,(H,30,35);1-8,16H,9-12,23H2,(H,25,29);1-8H,9-10H2,(H,21,25)(H,23,24);7,10H,4-6H2,1-3H3. The predicted octanol–water partition coefficient (Wildman–Crippen LogP) is 7.32. The average Bonchev–Trinajstić information content (AvgIpc) is 0.786. The molecule has 0 atom stereocenters. The van der Waals surface area contributed by atoms with Gasteiger partial charge in [-0.2, -0.15) is 0 Å². The molecule has 3 aromatic carbocycles. The van der Waals surface area contributed by atoms with Crippen LogP contribution in [0.3, 0.4) is 0 Å². The Hall–Kier alpha value is -10.7. The molecule has 0 saturated carbocycles. The second kappa shape index (κ2) is 35.2. The third-order valence-corrected chi connectivity index (χ3v) is 17.2. The number of aliphatic carboxylic acids is 1. The molecule has 0 unspecified atom stereocenters. The van der Waals surface area contributed by atoms with Crippen molar-refractivity contribution in [3.8, 4) is 0 Å². The molecule has 9 heterocycles. The number of carboxylic acid groups (broad SMARTS) is 1. The van der Waals surface area contributed by atoms with Crippen molar-refractivity contribution in [2.45, 2.75) is 111 Å². The van der Waals surface area contributed by atoms with E-state index in [1.165, 1.54) is 39.7 Å². The van der Waals surface area contributed by atoms with Crippen LogP contribution in [0.5, 0.6) is 0 Å². The van der Waals surface area contributed by atoms with Crippen molar-refractivity contribution >= 4 is 115 Å². The van der Waals surface area contributed by atoms with Gasteiger partial charge in [0.25, 0.3) is 34.4 Å². The molecule has 3 saturated heterocycles. The highest BCUT2D eigenvalue weighted by molar-refractivity contribution is 6.31. The maximum atomic E-state index is 13.3. The highest BCUT2D eigenvalue weighted by atomic mass is 35.5. The fraction of sp³-hybridized carbons (Fsp3) is 0.333. The van der Waals surface area contributed by atoms with Crippen LogP contribution in [0.2, 0.25) is 15.1 Å². The first-order valence-electron chi connectivity index (χ1n) is 33.6. The van der Waals surface area contributed by atoms with E-state index in [0.29, 0.717) is 81.0 Å². The number of benzene rings is 3. The number of likely N-dealkylation sites (tertiary alicyclic amines) is 2. The number of halogens is 3. The third-order valence-electron chi connectivity index (χ3n) is 16.4. The van der Waals surface area contributed by atoms with Crippen molar-refractivity contribution in [3.63, 3.8) is 0 Å². The minimum atomic E-state index is -1.20. The first-order chi connectivity index (χ1) is 49.8. The Morgan fingerprint density at radius 2 is 0.800 bits per heavy atom. The number of carbonyl (C=O) groups excluding carboxylic acids is 7. The van der Waals surface area contributed by atoms with Crippen LogP contribution in [0.25, 0.3) is 33.1 Å². The summed E-state index contributed by atoms with van der Waals surface area (Å²) in [6.07, 6.45) is 5.32. The van der Waals surface area contributed by atoms with Gasteiger partial charge in [-0.3, -0.25) is 66.4 Å². The fourth-order valence-corrected chi connectivity index (χ4v) is 11.5. The number of rotatable bonds is 19. The van der Waals surface area contributed by atoms with Gasteiger partial charge in [0.2, 0.25) is 11.8 Å². The summed E-state index contributed by atoms with van der Waals surface area (Å²) in [5.74, 6) is -3.23. The van der Waals surface area contributed by atoms with Crippen LogP contribution in [0, 0.1) is 11.8 Å². The van der Waals surface area contributed by atoms with E-state index in [1.54, 1.807) is 125 Å². The summed E-state index contributed by atoms with van der Waals surface area (Å²) in [6.45, 7) is 14.4. The Labute approximate surface area is 618 Å².